The van der Waals surface area contributed by atoms with Crippen LogP contribution in [0.5, 0.6) is 0 Å². The minimum atomic E-state index is 0.761. The van der Waals surface area contributed by atoms with Gasteiger partial charge in [-0.1, -0.05) is 37.1 Å². The molecule has 0 aliphatic heterocycles. The maximum absolute atomic E-state index is 5.14. The van der Waals surface area contributed by atoms with Gasteiger partial charge in [0.1, 0.15) is 0 Å². The van der Waals surface area contributed by atoms with Crippen LogP contribution in [-0.2, 0) is 4.18 Å². The predicted molar refractivity (Wildman–Crippen MR) is 69.4 cm³/mol. The molecule has 0 saturated carbocycles. The van der Waals surface area contributed by atoms with Crippen LogP contribution < -0.4 is 5.14 Å². The Balaban J connectivity index is 3.43. The van der Waals surface area contributed by atoms with Gasteiger partial charge >= 0.3 is 0 Å². The van der Waals surface area contributed by atoms with Gasteiger partial charge in [0.15, 0.2) is 0 Å². The van der Waals surface area contributed by atoms with Crippen LogP contribution in [0.15, 0.2) is 23.8 Å². The normalized spacial score (nSPS) is 12.6. The van der Waals surface area contributed by atoms with Crippen molar-refractivity contribution in [2.45, 2.75) is 46.0 Å². The molecule has 0 aliphatic rings. The van der Waals surface area contributed by atoms with Crippen molar-refractivity contribution in [2.75, 3.05) is 6.61 Å². The first-order valence-corrected chi connectivity index (χ1v) is 6.45. The monoisotopic (exact) mass is 229 g/mol. The molecule has 0 aliphatic carbocycles. The van der Waals surface area contributed by atoms with Gasteiger partial charge in [-0.2, -0.15) is 0 Å². The highest BCUT2D eigenvalue weighted by Crippen LogP contribution is 2.11. The zero-order valence-corrected chi connectivity index (χ0v) is 10.7. The topological polar surface area (TPSA) is 35.2 Å². The Bertz CT molecular complexity index is 190. The van der Waals surface area contributed by atoms with E-state index in [1.165, 1.54) is 24.8 Å². The van der Waals surface area contributed by atoms with Gasteiger partial charge in [0.05, 0.1) is 18.8 Å². The van der Waals surface area contributed by atoms with Gasteiger partial charge in [0.25, 0.3) is 0 Å². The van der Waals surface area contributed by atoms with E-state index in [1.807, 2.05) is 0 Å². The molecule has 0 rings (SSSR count). The Morgan fingerprint density at radius 3 is 2.73 bits per heavy atom. The molecule has 0 atom stereocenters. The van der Waals surface area contributed by atoms with Crippen molar-refractivity contribution in [3.05, 3.63) is 23.8 Å². The third kappa shape index (κ3) is 10.0. The van der Waals surface area contributed by atoms with Crippen molar-refractivity contribution < 1.29 is 4.18 Å². The smallest absolute Gasteiger partial charge is 0.0758 e. The number of hydrogen-bond donors (Lipinski definition) is 1. The summed E-state index contributed by atoms with van der Waals surface area (Å²) in [7, 11) is 0. The number of allylic oxidation sites excluding steroid dienone is 4. The van der Waals surface area contributed by atoms with E-state index in [2.05, 4.69) is 32.1 Å². The van der Waals surface area contributed by atoms with Crippen LogP contribution in [0.3, 0.4) is 0 Å². The molecule has 0 aromatic heterocycles. The van der Waals surface area contributed by atoms with Crippen molar-refractivity contribution >= 4 is 12.2 Å². The third-order valence-corrected chi connectivity index (χ3v) is 2.50. The maximum atomic E-state index is 5.14. The average Bonchev–Trinajstić information content (AvgIpc) is 2.27. The van der Waals surface area contributed by atoms with Crippen LogP contribution in [0.4, 0.5) is 0 Å². The summed E-state index contributed by atoms with van der Waals surface area (Å²) in [4.78, 5) is 0. The van der Waals surface area contributed by atoms with E-state index in [9.17, 15) is 0 Å². The summed E-state index contributed by atoms with van der Waals surface area (Å²) < 4.78 is 5.00. The lowest BCUT2D eigenvalue weighted by Crippen LogP contribution is -1.90. The molecule has 88 valence electrons. The highest BCUT2D eigenvalue weighted by atomic mass is 32.2. The molecule has 0 bridgehead atoms. The van der Waals surface area contributed by atoms with E-state index >= 15 is 0 Å². The molecule has 2 N–H and O–H groups in total. The first-order valence-electron chi connectivity index (χ1n) is 5.65. The van der Waals surface area contributed by atoms with Gasteiger partial charge in [-0.05, 0) is 32.6 Å². The predicted octanol–water partition coefficient (Wildman–Crippen LogP) is 4.00. The number of nitrogens with two attached hydrogens (primary N) is 1. The summed E-state index contributed by atoms with van der Waals surface area (Å²) in [5.74, 6) is 0. The quantitative estimate of drug-likeness (QED) is 0.281. The molecule has 0 aromatic carbocycles. The first kappa shape index (κ1) is 14.8. The van der Waals surface area contributed by atoms with Crippen LogP contribution in [-0.4, -0.2) is 6.61 Å². The molecule has 0 aromatic rings. The molecular formula is C12H23NOS. The minimum Gasteiger partial charge on any atom is -0.301 e. The van der Waals surface area contributed by atoms with Crippen molar-refractivity contribution in [3.8, 4) is 0 Å². The number of unbranched alkanes of at least 4 members (excludes halogenated alkanes) is 2. The average molecular weight is 229 g/mol. The summed E-state index contributed by atoms with van der Waals surface area (Å²) in [6.07, 6.45) is 12.4. The van der Waals surface area contributed by atoms with Crippen LogP contribution in [0.25, 0.3) is 0 Å². The molecule has 0 unspecified atom stereocenters. The minimum absolute atomic E-state index is 0.761. The molecule has 2 nitrogen and oxygen atoms in total. The third-order valence-electron chi connectivity index (χ3n) is 2.20. The van der Waals surface area contributed by atoms with E-state index in [4.69, 9.17) is 9.32 Å². The van der Waals surface area contributed by atoms with Gasteiger partial charge in [-0.3, -0.25) is 5.14 Å². The van der Waals surface area contributed by atoms with Crippen LogP contribution in [0, 0.1) is 0 Å². The molecule has 0 heterocycles. The fraction of sp³-hybridized carbons (Fsp3) is 0.667. The van der Waals surface area contributed by atoms with Gasteiger partial charge in [0.2, 0.25) is 0 Å². The highest BCUT2D eigenvalue weighted by molar-refractivity contribution is 7.92. The summed E-state index contributed by atoms with van der Waals surface area (Å²) in [5.41, 5.74) is 1.44. The zero-order chi connectivity index (χ0) is 11.4. The summed E-state index contributed by atoms with van der Waals surface area (Å²) in [6, 6.07) is 0. The Morgan fingerprint density at radius 1 is 1.33 bits per heavy atom. The van der Waals surface area contributed by atoms with E-state index < -0.39 is 0 Å². The summed E-state index contributed by atoms with van der Waals surface area (Å²) >= 11 is 0.959. The van der Waals surface area contributed by atoms with Gasteiger partial charge in [0, 0.05) is 0 Å². The molecule has 0 spiro atoms. The fourth-order valence-corrected chi connectivity index (χ4v) is 1.52. The second-order valence-electron chi connectivity index (χ2n) is 3.40. The first-order chi connectivity index (χ1) is 7.35. The molecule has 15 heavy (non-hydrogen) atoms. The van der Waals surface area contributed by atoms with Crippen LogP contribution in [0.1, 0.15) is 46.0 Å². The Kier molecular flexibility index (Phi) is 11.6. The van der Waals surface area contributed by atoms with Gasteiger partial charge < -0.3 is 4.18 Å². The Hall–Kier alpha value is -0.250. The van der Waals surface area contributed by atoms with Crippen LogP contribution >= 0.6 is 12.2 Å². The van der Waals surface area contributed by atoms with E-state index in [0.717, 1.165) is 31.7 Å². The molecular weight excluding hydrogens is 206 g/mol. The number of hydrogen-bond acceptors (Lipinski definition) is 3. The maximum Gasteiger partial charge on any atom is 0.0758 e. The highest BCUT2D eigenvalue weighted by Gasteiger charge is 1.93. The lowest BCUT2D eigenvalue weighted by atomic mass is 10.1. The number of rotatable bonds is 9. The lowest BCUT2D eigenvalue weighted by Gasteiger charge is -2.02. The summed E-state index contributed by atoms with van der Waals surface area (Å²) in [6.45, 7) is 5.02. The molecule has 0 radical (unpaired) electrons. The largest absolute Gasteiger partial charge is 0.301 e. The van der Waals surface area contributed by atoms with E-state index in [0.29, 0.717) is 0 Å². The van der Waals surface area contributed by atoms with E-state index in [-0.39, 0.29) is 0 Å². The molecule has 0 amide bonds. The van der Waals surface area contributed by atoms with E-state index in [1.54, 1.807) is 0 Å². The zero-order valence-electron chi connectivity index (χ0n) is 9.87. The van der Waals surface area contributed by atoms with Crippen molar-refractivity contribution in [3.63, 3.8) is 0 Å². The van der Waals surface area contributed by atoms with Gasteiger partial charge in [-0.15, -0.1) is 0 Å². The lowest BCUT2D eigenvalue weighted by molar-refractivity contribution is 0.357. The van der Waals surface area contributed by atoms with Crippen molar-refractivity contribution in [1.82, 2.24) is 0 Å². The SMILES string of the molecule is C/C=C(\C=C/CC)CCCCCOSN. The molecule has 0 saturated heterocycles. The summed E-state index contributed by atoms with van der Waals surface area (Å²) in [5, 5.41) is 5.14. The van der Waals surface area contributed by atoms with Crippen LogP contribution in [0.2, 0.25) is 0 Å². The standard InChI is InChI=1S/C12H23NOS/c1-3-5-9-12(4-2)10-7-6-8-11-14-15-13/h4-5,9H,3,6-8,10-11,13H2,1-2H3/b9-5-,12-4+. The Labute approximate surface area is 98.3 Å². The van der Waals surface area contributed by atoms with Crippen molar-refractivity contribution in [2.24, 2.45) is 5.14 Å². The fourth-order valence-electron chi connectivity index (χ4n) is 1.31. The molecule has 0 fully saturated rings. The van der Waals surface area contributed by atoms with Crippen molar-refractivity contribution in [1.29, 1.82) is 0 Å². The molecule has 3 heteroatoms. The second-order valence-corrected chi connectivity index (χ2v) is 3.83. The Morgan fingerprint density at radius 2 is 2.13 bits per heavy atom. The van der Waals surface area contributed by atoms with Gasteiger partial charge in [-0.25, -0.2) is 0 Å². The second kappa shape index (κ2) is 11.8.